The number of benzene rings is 1. The molecule has 0 aromatic heterocycles. The predicted molar refractivity (Wildman–Crippen MR) is 41.7 cm³/mol. The second-order valence-corrected chi connectivity index (χ2v) is 2.80. The number of hydrogen-bond donors (Lipinski definition) is 3. The minimum atomic E-state index is -4.44. The zero-order valence-electron chi connectivity index (χ0n) is 6.92. The highest BCUT2D eigenvalue weighted by molar-refractivity contribution is 5.26. The maximum Gasteiger partial charge on any atom is 0.416 e. The monoisotopic (exact) mass is 207 g/mol. The van der Waals surface area contributed by atoms with Gasteiger partial charge in [0.2, 0.25) is 5.91 Å². The van der Waals surface area contributed by atoms with Gasteiger partial charge < -0.3 is 10.2 Å². The molecule has 0 aliphatic heterocycles. The minimum Gasteiger partial charge on any atom is -0.350 e. The molecule has 0 heterocycles. The quantitative estimate of drug-likeness (QED) is 0.595. The van der Waals surface area contributed by atoms with Crippen LogP contribution in [0.1, 0.15) is 11.1 Å². The molecule has 0 saturated carbocycles. The van der Waals surface area contributed by atoms with Crippen LogP contribution in [0.15, 0.2) is 24.3 Å². The van der Waals surface area contributed by atoms with E-state index in [-0.39, 0.29) is 5.56 Å². The predicted octanol–water partition coefficient (Wildman–Crippen LogP) is 0.759. The van der Waals surface area contributed by atoms with Gasteiger partial charge in [-0.2, -0.15) is 13.2 Å². The first kappa shape index (κ1) is 11.0. The first-order chi connectivity index (χ1) is 6.21. The SMILES string of the molecule is NC(O)(O)c1ccc(C(F)(F)F)cc1. The number of aliphatic hydroxyl groups is 2. The Morgan fingerprint density at radius 2 is 1.29 bits per heavy atom. The Labute approximate surface area is 77.6 Å². The van der Waals surface area contributed by atoms with Gasteiger partial charge in [-0.05, 0) is 12.1 Å². The van der Waals surface area contributed by atoms with E-state index in [0.29, 0.717) is 0 Å². The van der Waals surface area contributed by atoms with E-state index in [1.807, 2.05) is 0 Å². The molecule has 1 aromatic carbocycles. The van der Waals surface area contributed by atoms with Crippen LogP contribution in [0.25, 0.3) is 0 Å². The van der Waals surface area contributed by atoms with Gasteiger partial charge in [0.05, 0.1) is 5.56 Å². The van der Waals surface area contributed by atoms with E-state index in [1.165, 1.54) is 0 Å². The average Bonchev–Trinajstić information content (AvgIpc) is 2.01. The fraction of sp³-hybridized carbons (Fsp3) is 0.250. The van der Waals surface area contributed by atoms with Gasteiger partial charge >= 0.3 is 6.18 Å². The summed E-state index contributed by atoms with van der Waals surface area (Å²) in [5, 5.41) is 17.7. The second-order valence-electron chi connectivity index (χ2n) is 2.80. The molecule has 0 radical (unpaired) electrons. The van der Waals surface area contributed by atoms with Gasteiger partial charge in [0.1, 0.15) is 0 Å². The lowest BCUT2D eigenvalue weighted by molar-refractivity contribution is -0.164. The van der Waals surface area contributed by atoms with Gasteiger partial charge in [-0.3, -0.25) is 5.73 Å². The van der Waals surface area contributed by atoms with Crippen molar-refractivity contribution in [3.63, 3.8) is 0 Å². The summed E-state index contributed by atoms with van der Waals surface area (Å²) < 4.78 is 36.2. The van der Waals surface area contributed by atoms with Crippen LogP contribution in [0.3, 0.4) is 0 Å². The molecule has 0 fully saturated rings. The summed E-state index contributed by atoms with van der Waals surface area (Å²) in [5.74, 6) is -2.61. The molecule has 0 aliphatic rings. The van der Waals surface area contributed by atoms with E-state index in [1.54, 1.807) is 0 Å². The Morgan fingerprint density at radius 1 is 0.929 bits per heavy atom. The summed E-state index contributed by atoms with van der Waals surface area (Å²) in [5.41, 5.74) is 3.77. The molecule has 4 N–H and O–H groups in total. The van der Waals surface area contributed by atoms with Gasteiger partial charge in [0, 0.05) is 5.56 Å². The van der Waals surface area contributed by atoms with E-state index in [2.05, 4.69) is 0 Å². The third-order valence-electron chi connectivity index (χ3n) is 1.64. The highest BCUT2D eigenvalue weighted by atomic mass is 19.4. The molecule has 6 heteroatoms. The molecule has 0 unspecified atom stereocenters. The Morgan fingerprint density at radius 3 is 1.57 bits per heavy atom. The van der Waals surface area contributed by atoms with Crippen molar-refractivity contribution < 1.29 is 23.4 Å². The summed E-state index contributed by atoms with van der Waals surface area (Å²) in [6, 6.07) is 3.26. The maximum atomic E-state index is 12.1. The molecule has 78 valence electrons. The number of halogens is 3. The van der Waals surface area contributed by atoms with Gasteiger partial charge in [0.25, 0.3) is 0 Å². The topological polar surface area (TPSA) is 66.5 Å². The van der Waals surface area contributed by atoms with Crippen LogP contribution in [0.5, 0.6) is 0 Å². The first-order valence-corrected chi connectivity index (χ1v) is 3.62. The first-order valence-electron chi connectivity index (χ1n) is 3.62. The Balaban J connectivity index is 3.02. The molecular formula is C8H8F3NO2. The number of rotatable bonds is 1. The Hall–Kier alpha value is -1.11. The third-order valence-corrected chi connectivity index (χ3v) is 1.64. The lowest BCUT2D eigenvalue weighted by Gasteiger charge is -2.16. The lowest BCUT2D eigenvalue weighted by atomic mass is 10.1. The van der Waals surface area contributed by atoms with Crippen LogP contribution in [-0.2, 0) is 12.1 Å². The molecule has 14 heavy (non-hydrogen) atoms. The Kier molecular flexibility index (Phi) is 2.53. The van der Waals surface area contributed by atoms with Crippen molar-refractivity contribution in [2.24, 2.45) is 5.73 Å². The van der Waals surface area contributed by atoms with E-state index in [9.17, 15) is 13.2 Å². The molecule has 0 amide bonds. The zero-order valence-corrected chi connectivity index (χ0v) is 6.92. The maximum absolute atomic E-state index is 12.1. The Bertz CT molecular complexity index is 280. The van der Waals surface area contributed by atoms with Crippen molar-refractivity contribution in [1.29, 1.82) is 0 Å². The molecule has 1 aromatic rings. The van der Waals surface area contributed by atoms with Crippen LogP contribution < -0.4 is 5.73 Å². The van der Waals surface area contributed by atoms with Crippen molar-refractivity contribution in [2.45, 2.75) is 12.1 Å². The third kappa shape index (κ3) is 2.44. The molecule has 1 rings (SSSR count). The number of nitrogens with two attached hydrogens (primary N) is 1. The van der Waals surface area contributed by atoms with Crippen LogP contribution in [0.4, 0.5) is 13.2 Å². The van der Waals surface area contributed by atoms with E-state index < -0.39 is 17.7 Å². The summed E-state index contributed by atoms with van der Waals surface area (Å²) in [6.07, 6.45) is -4.44. The second kappa shape index (κ2) is 3.23. The standard InChI is InChI=1S/C8H8F3NO2/c9-7(10,11)5-1-3-6(4-2-5)8(12,13)14/h1-4,13-14H,12H2. The van der Waals surface area contributed by atoms with Gasteiger partial charge in [-0.25, -0.2) is 0 Å². The number of hydrogen-bond acceptors (Lipinski definition) is 3. The van der Waals surface area contributed by atoms with E-state index in [0.717, 1.165) is 24.3 Å². The van der Waals surface area contributed by atoms with Crippen LogP contribution in [-0.4, -0.2) is 10.2 Å². The fourth-order valence-electron chi connectivity index (χ4n) is 0.905. The fourth-order valence-corrected chi connectivity index (χ4v) is 0.905. The summed E-state index contributed by atoms with van der Waals surface area (Å²) >= 11 is 0. The van der Waals surface area contributed by atoms with E-state index in [4.69, 9.17) is 15.9 Å². The van der Waals surface area contributed by atoms with Crippen molar-refractivity contribution in [1.82, 2.24) is 0 Å². The zero-order chi connectivity index (χ0) is 11.0. The lowest BCUT2D eigenvalue weighted by Crippen LogP contribution is -2.35. The molecule has 0 saturated heterocycles. The highest BCUT2D eigenvalue weighted by Crippen LogP contribution is 2.29. The van der Waals surface area contributed by atoms with Crippen molar-refractivity contribution in [3.05, 3.63) is 35.4 Å². The molecule has 3 nitrogen and oxygen atoms in total. The van der Waals surface area contributed by atoms with Crippen LogP contribution >= 0.6 is 0 Å². The van der Waals surface area contributed by atoms with Crippen LogP contribution in [0, 0.1) is 0 Å². The molecular weight excluding hydrogens is 199 g/mol. The molecule has 0 spiro atoms. The van der Waals surface area contributed by atoms with Gasteiger partial charge in [0.15, 0.2) is 0 Å². The minimum absolute atomic E-state index is 0.203. The molecule has 0 bridgehead atoms. The van der Waals surface area contributed by atoms with Gasteiger partial charge in [-0.15, -0.1) is 0 Å². The molecule has 0 aliphatic carbocycles. The number of alkyl halides is 3. The van der Waals surface area contributed by atoms with Gasteiger partial charge in [-0.1, -0.05) is 12.1 Å². The van der Waals surface area contributed by atoms with Crippen LogP contribution in [0.2, 0.25) is 0 Å². The normalized spacial score (nSPS) is 13.0. The van der Waals surface area contributed by atoms with Crippen molar-refractivity contribution >= 4 is 0 Å². The smallest absolute Gasteiger partial charge is 0.350 e. The highest BCUT2D eigenvalue weighted by Gasteiger charge is 2.31. The molecule has 0 atom stereocenters. The van der Waals surface area contributed by atoms with E-state index >= 15 is 0 Å². The summed E-state index contributed by atoms with van der Waals surface area (Å²) in [7, 11) is 0. The summed E-state index contributed by atoms with van der Waals surface area (Å²) in [4.78, 5) is 0. The van der Waals surface area contributed by atoms with Crippen molar-refractivity contribution in [3.8, 4) is 0 Å². The summed E-state index contributed by atoms with van der Waals surface area (Å²) in [6.45, 7) is 0. The largest absolute Gasteiger partial charge is 0.416 e. The average molecular weight is 207 g/mol. The van der Waals surface area contributed by atoms with Crippen molar-refractivity contribution in [2.75, 3.05) is 0 Å².